The standard InChI is InChI=1S/C18H22O2/c1-3-14(2)18(19)13-20-17-11-9-16(10-12-17)15-7-5-4-6-8-15/h4-12,14,18-19H,3,13H2,1-2H3. The average molecular weight is 270 g/mol. The maximum Gasteiger partial charge on any atom is 0.119 e. The second-order valence-electron chi connectivity index (χ2n) is 5.15. The minimum absolute atomic E-state index is 0.263. The molecule has 1 N–H and O–H groups in total. The molecule has 20 heavy (non-hydrogen) atoms. The van der Waals surface area contributed by atoms with Crippen molar-refractivity contribution in [1.29, 1.82) is 0 Å². The quantitative estimate of drug-likeness (QED) is 0.855. The summed E-state index contributed by atoms with van der Waals surface area (Å²) in [5.41, 5.74) is 2.36. The first-order chi connectivity index (χ1) is 9.70. The predicted octanol–water partition coefficient (Wildman–Crippen LogP) is 4.14. The minimum Gasteiger partial charge on any atom is -0.491 e. The van der Waals surface area contributed by atoms with Crippen LogP contribution in [0.3, 0.4) is 0 Å². The SMILES string of the molecule is CCC(C)C(O)COc1ccc(-c2ccccc2)cc1. The van der Waals surface area contributed by atoms with Crippen molar-refractivity contribution in [2.75, 3.05) is 6.61 Å². The molecule has 2 nitrogen and oxygen atoms in total. The zero-order chi connectivity index (χ0) is 14.4. The van der Waals surface area contributed by atoms with Crippen molar-refractivity contribution >= 4 is 0 Å². The highest BCUT2D eigenvalue weighted by Gasteiger charge is 2.12. The van der Waals surface area contributed by atoms with Crippen LogP contribution < -0.4 is 4.74 Å². The monoisotopic (exact) mass is 270 g/mol. The lowest BCUT2D eigenvalue weighted by Gasteiger charge is -2.17. The molecule has 2 rings (SSSR count). The van der Waals surface area contributed by atoms with E-state index < -0.39 is 6.10 Å². The minimum atomic E-state index is -0.409. The highest BCUT2D eigenvalue weighted by molar-refractivity contribution is 5.63. The lowest BCUT2D eigenvalue weighted by Crippen LogP contribution is -2.24. The van der Waals surface area contributed by atoms with Gasteiger partial charge in [-0.3, -0.25) is 0 Å². The zero-order valence-electron chi connectivity index (χ0n) is 12.1. The van der Waals surface area contributed by atoms with Gasteiger partial charge in [0.1, 0.15) is 12.4 Å². The van der Waals surface area contributed by atoms with Crippen LogP contribution in [0.4, 0.5) is 0 Å². The van der Waals surface area contributed by atoms with E-state index in [9.17, 15) is 5.11 Å². The van der Waals surface area contributed by atoms with Crippen LogP contribution in [0.2, 0.25) is 0 Å². The molecule has 0 heterocycles. The Labute approximate surface area is 121 Å². The molecule has 0 aliphatic carbocycles. The third kappa shape index (κ3) is 3.84. The normalized spacial score (nSPS) is 13.8. The first kappa shape index (κ1) is 14.6. The van der Waals surface area contributed by atoms with E-state index in [2.05, 4.69) is 19.1 Å². The van der Waals surface area contributed by atoms with Gasteiger partial charge in [-0.2, -0.15) is 0 Å². The van der Waals surface area contributed by atoms with Gasteiger partial charge in [-0.25, -0.2) is 0 Å². The number of aliphatic hydroxyl groups is 1. The lowest BCUT2D eigenvalue weighted by atomic mass is 10.0. The van der Waals surface area contributed by atoms with Gasteiger partial charge in [0.15, 0.2) is 0 Å². The van der Waals surface area contributed by atoms with Crippen LogP contribution in [0, 0.1) is 5.92 Å². The molecular weight excluding hydrogens is 248 g/mol. The molecule has 2 heteroatoms. The van der Waals surface area contributed by atoms with E-state index >= 15 is 0 Å². The molecule has 2 unspecified atom stereocenters. The first-order valence-electron chi connectivity index (χ1n) is 7.17. The highest BCUT2D eigenvalue weighted by atomic mass is 16.5. The Morgan fingerprint density at radius 2 is 1.55 bits per heavy atom. The molecule has 0 aliphatic heterocycles. The number of rotatable bonds is 6. The Kier molecular flexibility index (Phi) is 5.19. The summed E-state index contributed by atoms with van der Waals surface area (Å²) < 4.78 is 5.63. The lowest BCUT2D eigenvalue weighted by molar-refractivity contribution is 0.0622. The topological polar surface area (TPSA) is 29.5 Å². The molecular formula is C18H22O2. The summed E-state index contributed by atoms with van der Waals surface area (Å²) in [5, 5.41) is 9.89. The number of ether oxygens (including phenoxy) is 1. The van der Waals surface area contributed by atoms with Crippen LogP contribution in [-0.4, -0.2) is 17.8 Å². The van der Waals surface area contributed by atoms with Gasteiger partial charge >= 0.3 is 0 Å². The number of benzene rings is 2. The Morgan fingerprint density at radius 3 is 2.15 bits per heavy atom. The molecule has 0 aliphatic rings. The van der Waals surface area contributed by atoms with Gasteiger partial charge in [-0.15, -0.1) is 0 Å². The van der Waals surface area contributed by atoms with Gasteiger partial charge in [-0.05, 0) is 29.2 Å². The molecule has 0 fully saturated rings. The van der Waals surface area contributed by atoms with E-state index in [1.807, 2.05) is 49.4 Å². The Hall–Kier alpha value is -1.80. The van der Waals surface area contributed by atoms with E-state index in [-0.39, 0.29) is 5.92 Å². The summed E-state index contributed by atoms with van der Waals surface area (Å²) in [7, 11) is 0. The smallest absolute Gasteiger partial charge is 0.119 e. The van der Waals surface area contributed by atoms with Crippen molar-refractivity contribution in [2.24, 2.45) is 5.92 Å². The van der Waals surface area contributed by atoms with Crippen molar-refractivity contribution in [3.63, 3.8) is 0 Å². The van der Waals surface area contributed by atoms with Crippen LogP contribution in [0.5, 0.6) is 5.75 Å². The van der Waals surface area contributed by atoms with Crippen molar-refractivity contribution in [3.05, 3.63) is 54.6 Å². The van der Waals surface area contributed by atoms with E-state index in [0.717, 1.165) is 12.2 Å². The fraction of sp³-hybridized carbons (Fsp3) is 0.333. The van der Waals surface area contributed by atoms with Gasteiger partial charge in [0.05, 0.1) is 6.10 Å². The molecule has 0 bridgehead atoms. The van der Waals surface area contributed by atoms with Crippen LogP contribution in [0.25, 0.3) is 11.1 Å². The second kappa shape index (κ2) is 7.11. The summed E-state index contributed by atoms with van der Waals surface area (Å²) >= 11 is 0. The summed E-state index contributed by atoms with van der Waals surface area (Å²) in [6.45, 7) is 4.45. The molecule has 0 saturated heterocycles. The summed E-state index contributed by atoms with van der Waals surface area (Å²) in [4.78, 5) is 0. The highest BCUT2D eigenvalue weighted by Crippen LogP contribution is 2.22. The fourth-order valence-electron chi connectivity index (χ4n) is 1.99. The van der Waals surface area contributed by atoms with Crippen molar-refractivity contribution in [3.8, 4) is 16.9 Å². The zero-order valence-corrected chi connectivity index (χ0v) is 12.1. The summed E-state index contributed by atoms with van der Waals surface area (Å²) in [6.07, 6.45) is 0.547. The largest absolute Gasteiger partial charge is 0.491 e. The molecule has 2 aromatic carbocycles. The average Bonchev–Trinajstić information content (AvgIpc) is 2.53. The van der Waals surface area contributed by atoms with E-state index in [1.54, 1.807) is 0 Å². The fourth-order valence-corrected chi connectivity index (χ4v) is 1.99. The molecule has 0 radical (unpaired) electrons. The van der Waals surface area contributed by atoms with Crippen molar-refractivity contribution in [1.82, 2.24) is 0 Å². The van der Waals surface area contributed by atoms with Gasteiger partial charge in [-0.1, -0.05) is 62.7 Å². The van der Waals surface area contributed by atoms with Crippen LogP contribution >= 0.6 is 0 Å². The number of hydrogen-bond donors (Lipinski definition) is 1. The van der Waals surface area contributed by atoms with Crippen LogP contribution in [0.1, 0.15) is 20.3 Å². The third-order valence-electron chi connectivity index (χ3n) is 3.68. The molecule has 0 aromatic heterocycles. The Morgan fingerprint density at radius 1 is 0.950 bits per heavy atom. The number of hydrogen-bond acceptors (Lipinski definition) is 2. The van der Waals surface area contributed by atoms with Crippen LogP contribution in [-0.2, 0) is 0 Å². The Balaban J connectivity index is 1.95. The van der Waals surface area contributed by atoms with Crippen molar-refractivity contribution in [2.45, 2.75) is 26.4 Å². The van der Waals surface area contributed by atoms with E-state index in [4.69, 9.17) is 4.74 Å². The second-order valence-corrected chi connectivity index (χ2v) is 5.15. The molecule has 2 atom stereocenters. The first-order valence-corrected chi connectivity index (χ1v) is 7.17. The predicted molar refractivity (Wildman–Crippen MR) is 82.8 cm³/mol. The van der Waals surface area contributed by atoms with Crippen LogP contribution in [0.15, 0.2) is 54.6 Å². The van der Waals surface area contributed by atoms with E-state index in [0.29, 0.717) is 6.61 Å². The third-order valence-corrected chi connectivity index (χ3v) is 3.68. The maximum atomic E-state index is 9.89. The maximum absolute atomic E-state index is 9.89. The molecule has 0 amide bonds. The molecule has 2 aromatic rings. The van der Waals surface area contributed by atoms with Gasteiger partial charge in [0.2, 0.25) is 0 Å². The van der Waals surface area contributed by atoms with Gasteiger partial charge < -0.3 is 9.84 Å². The van der Waals surface area contributed by atoms with Gasteiger partial charge in [0.25, 0.3) is 0 Å². The Bertz CT molecular complexity index is 505. The van der Waals surface area contributed by atoms with Gasteiger partial charge in [0, 0.05) is 0 Å². The summed E-state index contributed by atoms with van der Waals surface area (Å²) in [5.74, 6) is 1.06. The molecule has 0 spiro atoms. The number of aliphatic hydroxyl groups excluding tert-OH is 1. The summed E-state index contributed by atoms with van der Waals surface area (Å²) in [6, 6.07) is 18.2. The van der Waals surface area contributed by atoms with Crippen molar-refractivity contribution < 1.29 is 9.84 Å². The molecule has 0 saturated carbocycles. The molecule has 106 valence electrons. The van der Waals surface area contributed by atoms with E-state index in [1.165, 1.54) is 11.1 Å².